The Morgan fingerprint density at radius 1 is 1.61 bits per heavy atom. The summed E-state index contributed by atoms with van der Waals surface area (Å²) >= 11 is 0. The van der Waals surface area contributed by atoms with Crippen molar-refractivity contribution >= 4 is 5.97 Å². The Bertz CT molecular complexity index is 450. The van der Waals surface area contributed by atoms with Crippen LogP contribution in [0.2, 0.25) is 0 Å². The Balaban J connectivity index is 2.02. The molecule has 1 fully saturated rings. The fourth-order valence-corrected chi connectivity index (χ4v) is 2.22. The number of carboxylic acid groups (broad SMARTS) is 1. The summed E-state index contributed by atoms with van der Waals surface area (Å²) in [6.45, 7) is 2.37. The molecule has 0 bridgehead atoms. The smallest absolute Gasteiger partial charge is 0.338 e. The van der Waals surface area contributed by atoms with Crippen molar-refractivity contribution in [2.45, 2.75) is 19.1 Å². The zero-order chi connectivity index (χ0) is 13.1. The molecule has 0 aromatic heterocycles. The second-order valence-corrected chi connectivity index (χ2v) is 4.50. The molecule has 1 aliphatic rings. The van der Waals surface area contributed by atoms with Crippen molar-refractivity contribution in [3.05, 3.63) is 35.1 Å². The van der Waals surface area contributed by atoms with Gasteiger partial charge in [-0.05, 0) is 24.1 Å². The predicted octanol–water partition coefficient (Wildman–Crippen LogP) is 1.74. The summed E-state index contributed by atoms with van der Waals surface area (Å²) in [4.78, 5) is 12.9. The van der Waals surface area contributed by atoms with Crippen molar-refractivity contribution in [3.63, 3.8) is 0 Å². The Morgan fingerprint density at radius 3 is 2.94 bits per heavy atom. The molecule has 0 amide bonds. The molecule has 18 heavy (non-hydrogen) atoms. The highest BCUT2D eigenvalue weighted by Gasteiger charge is 2.22. The summed E-state index contributed by atoms with van der Waals surface area (Å²) in [5.41, 5.74) is 0.504. The highest BCUT2D eigenvalue weighted by atomic mass is 19.1. The summed E-state index contributed by atoms with van der Waals surface area (Å²) in [7, 11) is 1.69. The first-order valence-corrected chi connectivity index (χ1v) is 5.87. The molecular weight excluding hydrogens is 237 g/mol. The molecule has 0 radical (unpaired) electrons. The van der Waals surface area contributed by atoms with E-state index in [1.54, 1.807) is 13.2 Å². The van der Waals surface area contributed by atoms with Gasteiger partial charge in [-0.3, -0.25) is 4.90 Å². The van der Waals surface area contributed by atoms with E-state index in [1.165, 1.54) is 12.1 Å². The molecule has 1 aromatic rings. The van der Waals surface area contributed by atoms with E-state index in [9.17, 15) is 9.18 Å². The lowest BCUT2D eigenvalue weighted by molar-refractivity contribution is 0.0692. The average molecular weight is 253 g/mol. The van der Waals surface area contributed by atoms with Crippen LogP contribution in [0.15, 0.2) is 18.2 Å². The summed E-state index contributed by atoms with van der Waals surface area (Å²) in [6, 6.07) is 4.27. The van der Waals surface area contributed by atoms with Crippen LogP contribution in [-0.2, 0) is 11.3 Å². The van der Waals surface area contributed by atoms with Crippen molar-refractivity contribution in [1.82, 2.24) is 4.90 Å². The van der Waals surface area contributed by atoms with E-state index in [0.29, 0.717) is 6.54 Å². The number of halogens is 1. The Labute approximate surface area is 105 Å². The number of benzene rings is 1. The summed E-state index contributed by atoms with van der Waals surface area (Å²) in [6.07, 6.45) is 1.22. The van der Waals surface area contributed by atoms with E-state index in [2.05, 4.69) is 4.90 Å². The fraction of sp³-hybridized carbons (Fsp3) is 0.462. The molecule has 1 N–H and O–H groups in total. The lowest BCUT2D eigenvalue weighted by atomic mass is 10.1. The van der Waals surface area contributed by atoms with Crippen molar-refractivity contribution in [2.75, 3.05) is 20.2 Å². The van der Waals surface area contributed by atoms with Gasteiger partial charge < -0.3 is 9.84 Å². The second-order valence-electron chi connectivity index (χ2n) is 4.50. The maximum atomic E-state index is 13.5. The standard InChI is InChI=1S/C13H16FNO3/c1-18-10-4-5-15(8-10)7-9-2-3-11(13(16)17)12(14)6-9/h2-3,6,10H,4-5,7-8H2,1H3,(H,16,17). The molecule has 0 saturated carbocycles. The number of hydrogen-bond donors (Lipinski definition) is 1. The van der Waals surface area contributed by atoms with E-state index in [-0.39, 0.29) is 11.7 Å². The first-order chi connectivity index (χ1) is 8.60. The number of hydrogen-bond acceptors (Lipinski definition) is 3. The number of aromatic carboxylic acids is 1. The van der Waals surface area contributed by atoms with Crippen LogP contribution in [0, 0.1) is 5.82 Å². The third kappa shape index (κ3) is 2.86. The number of likely N-dealkylation sites (tertiary alicyclic amines) is 1. The molecule has 0 aliphatic carbocycles. The van der Waals surface area contributed by atoms with Crippen LogP contribution in [0.4, 0.5) is 4.39 Å². The monoisotopic (exact) mass is 253 g/mol. The van der Waals surface area contributed by atoms with Crippen molar-refractivity contribution in [1.29, 1.82) is 0 Å². The molecule has 0 spiro atoms. The SMILES string of the molecule is COC1CCN(Cc2ccc(C(=O)O)c(F)c2)C1. The predicted molar refractivity (Wildman–Crippen MR) is 64.1 cm³/mol. The molecule has 4 nitrogen and oxygen atoms in total. The van der Waals surface area contributed by atoms with Gasteiger partial charge in [0, 0.05) is 26.7 Å². The average Bonchev–Trinajstić information content (AvgIpc) is 2.76. The molecule has 5 heteroatoms. The summed E-state index contributed by atoms with van der Waals surface area (Å²) < 4.78 is 18.8. The first-order valence-electron chi connectivity index (χ1n) is 5.87. The van der Waals surface area contributed by atoms with E-state index < -0.39 is 11.8 Å². The summed E-state index contributed by atoms with van der Waals surface area (Å²) in [5.74, 6) is -1.91. The lowest BCUT2D eigenvalue weighted by Crippen LogP contribution is -2.22. The topological polar surface area (TPSA) is 49.8 Å². The van der Waals surface area contributed by atoms with Crippen molar-refractivity contribution in [2.24, 2.45) is 0 Å². The van der Waals surface area contributed by atoms with Gasteiger partial charge in [0.1, 0.15) is 5.82 Å². The van der Waals surface area contributed by atoms with Crippen LogP contribution in [0.5, 0.6) is 0 Å². The van der Waals surface area contributed by atoms with Crippen molar-refractivity contribution in [3.8, 4) is 0 Å². The molecule has 1 aromatic carbocycles. The van der Waals surface area contributed by atoms with Crippen molar-refractivity contribution < 1.29 is 19.0 Å². The highest BCUT2D eigenvalue weighted by molar-refractivity contribution is 5.87. The normalized spacial score (nSPS) is 20.2. The van der Waals surface area contributed by atoms with Crippen LogP contribution >= 0.6 is 0 Å². The van der Waals surface area contributed by atoms with Gasteiger partial charge in [-0.25, -0.2) is 9.18 Å². The Hall–Kier alpha value is -1.46. The van der Waals surface area contributed by atoms with E-state index in [4.69, 9.17) is 9.84 Å². The van der Waals surface area contributed by atoms with Gasteiger partial charge in [-0.15, -0.1) is 0 Å². The van der Waals surface area contributed by atoms with Gasteiger partial charge >= 0.3 is 5.97 Å². The number of carboxylic acids is 1. The molecular formula is C13H16FNO3. The lowest BCUT2D eigenvalue weighted by Gasteiger charge is -2.15. The zero-order valence-corrected chi connectivity index (χ0v) is 10.2. The van der Waals surface area contributed by atoms with E-state index >= 15 is 0 Å². The van der Waals surface area contributed by atoms with Crippen LogP contribution < -0.4 is 0 Å². The second kappa shape index (κ2) is 5.46. The Morgan fingerprint density at radius 2 is 2.39 bits per heavy atom. The minimum atomic E-state index is -1.24. The van der Waals surface area contributed by atoms with E-state index in [1.807, 2.05) is 0 Å². The quantitative estimate of drug-likeness (QED) is 0.888. The minimum Gasteiger partial charge on any atom is -0.478 e. The molecule has 1 heterocycles. The number of carbonyl (C=O) groups is 1. The largest absolute Gasteiger partial charge is 0.478 e. The van der Waals surface area contributed by atoms with Crippen LogP contribution in [0.1, 0.15) is 22.3 Å². The molecule has 98 valence electrons. The maximum Gasteiger partial charge on any atom is 0.338 e. The number of rotatable bonds is 4. The third-order valence-electron chi connectivity index (χ3n) is 3.23. The van der Waals surface area contributed by atoms with E-state index in [0.717, 1.165) is 25.1 Å². The number of nitrogens with zero attached hydrogens (tertiary/aromatic N) is 1. The van der Waals surface area contributed by atoms with Gasteiger partial charge in [0.15, 0.2) is 0 Å². The van der Waals surface area contributed by atoms with Gasteiger partial charge in [0.05, 0.1) is 11.7 Å². The number of methoxy groups -OCH3 is 1. The highest BCUT2D eigenvalue weighted by Crippen LogP contribution is 2.17. The van der Waals surface area contributed by atoms with Gasteiger partial charge in [-0.1, -0.05) is 6.07 Å². The van der Waals surface area contributed by atoms with Crippen LogP contribution in [0.25, 0.3) is 0 Å². The fourth-order valence-electron chi connectivity index (χ4n) is 2.22. The zero-order valence-electron chi connectivity index (χ0n) is 10.2. The molecule has 1 aliphatic heterocycles. The molecule has 1 atom stereocenters. The number of ether oxygens (including phenoxy) is 1. The third-order valence-corrected chi connectivity index (χ3v) is 3.23. The maximum absolute atomic E-state index is 13.5. The van der Waals surface area contributed by atoms with Crippen LogP contribution in [0.3, 0.4) is 0 Å². The minimum absolute atomic E-state index is 0.244. The molecule has 2 rings (SSSR count). The molecule has 1 unspecified atom stereocenters. The summed E-state index contributed by atoms with van der Waals surface area (Å²) in [5, 5.41) is 8.74. The van der Waals surface area contributed by atoms with Gasteiger partial charge in [-0.2, -0.15) is 0 Å². The Kier molecular flexibility index (Phi) is 3.93. The first kappa shape index (κ1) is 13.0. The molecule has 1 saturated heterocycles. The van der Waals surface area contributed by atoms with Gasteiger partial charge in [0.2, 0.25) is 0 Å². The van der Waals surface area contributed by atoms with Gasteiger partial charge in [0.25, 0.3) is 0 Å². The van der Waals surface area contributed by atoms with Crippen LogP contribution in [-0.4, -0.2) is 42.3 Å².